The van der Waals surface area contributed by atoms with Crippen molar-refractivity contribution in [2.75, 3.05) is 31.1 Å². The summed E-state index contributed by atoms with van der Waals surface area (Å²) in [5, 5.41) is -0.0861. The summed E-state index contributed by atoms with van der Waals surface area (Å²) in [5.74, 6) is -0.552. The third kappa shape index (κ3) is 3.52. The van der Waals surface area contributed by atoms with Crippen LogP contribution in [0.15, 0.2) is 41.3 Å². The average molecular weight is 383 g/mol. The first-order chi connectivity index (χ1) is 11.8. The molecule has 7 heteroatoms. The van der Waals surface area contributed by atoms with Crippen LogP contribution in [0.25, 0.3) is 0 Å². The second kappa shape index (κ2) is 6.94. The molecule has 0 aliphatic carbocycles. The molecule has 1 heterocycles. The van der Waals surface area contributed by atoms with Gasteiger partial charge < -0.3 is 4.90 Å². The third-order valence-electron chi connectivity index (χ3n) is 4.67. The number of benzene rings is 2. The highest BCUT2D eigenvalue weighted by molar-refractivity contribution is 7.89. The molecular formula is C18H20ClFN2O2S. The highest BCUT2D eigenvalue weighted by Gasteiger charge is 2.30. The molecule has 0 unspecified atom stereocenters. The van der Waals surface area contributed by atoms with Gasteiger partial charge >= 0.3 is 0 Å². The van der Waals surface area contributed by atoms with Crippen molar-refractivity contribution in [3.8, 4) is 0 Å². The lowest BCUT2D eigenvalue weighted by Gasteiger charge is -2.36. The van der Waals surface area contributed by atoms with E-state index in [4.69, 9.17) is 11.6 Å². The molecule has 4 nitrogen and oxygen atoms in total. The van der Waals surface area contributed by atoms with Crippen molar-refractivity contribution in [1.29, 1.82) is 0 Å². The zero-order valence-corrected chi connectivity index (χ0v) is 15.7. The SMILES string of the molecule is Cc1cccc(N2CCN(S(=O)(=O)c3ccc(F)cc3Cl)CC2)c1C. The molecule has 0 atom stereocenters. The Kier molecular flexibility index (Phi) is 5.04. The lowest BCUT2D eigenvalue weighted by atomic mass is 10.1. The fourth-order valence-electron chi connectivity index (χ4n) is 3.07. The largest absolute Gasteiger partial charge is 0.369 e. The van der Waals surface area contributed by atoms with Gasteiger partial charge in [0.25, 0.3) is 0 Å². The molecule has 1 aliphatic heterocycles. The molecule has 0 amide bonds. The van der Waals surface area contributed by atoms with E-state index in [0.717, 1.165) is 17.8 Å². The van der Waals surface area contributed by atoms with Crippen molar-refractivity contribution in [2.24, 2.45) is 0 Å². The second-order valence-corrected chi connectivity index (χ2v) is 8.50. The molecule has 0 spiro atoms. The summed E-state index contributed by atoms with van der Waals surface area (Å²) < 4.78 is 40.2. The van der Waals surface area contributed by atoms with Crippen molar-refractivity contribution >= 4 is 27.3 Å². The Labute approximate surface area is 152 Å². The average Bonchev–Trinajstić information content (AvgIpc) is 2.57. The van der Waals surface area contributed by atoms with Gasteiger partial charge in [0.15, 0.2) is 0 Å². The van der Waals surface area contributed by atoms with Crippen LogP contribution in [0.5, 0.6) is 0 Å². The van der Waals surface area contributed by atoms with E-state index in [2.05, 4.69) is 30.9 Å². The Morgan fingerprint density at radius 1 is 1.04 bits per heavy atom. The van der Waals surface area contributed by atoms with E-state index >= 15 is 0 Å². The molecule has 0 aromatic heterocycles. The molecule has 25 heavy (non-hydrogen) atoms. The number of aryl methyl sites for hydroxylation is 1. The van der Waals surface area contributed by atoms with Gasteiger partial charge in [0.2, 0.25) is 10.0 Å². The summed E-state index contributed by atoms with van der Waals surface area (Å²) in [5.41, 5.74) is 3.56. The summed E-state index contributed by atoms with van der Waals surface area (Å²) in [6, 6.07) is 9.51. The normalized spacial score (nSPS) is 16.2. The number of piperazine rings is 1. The Morgan fingerprint density at radius 3 is 2.36 bits per heavy atom. The predicted molar refractivity (Wildman–Crippen MR) is 98.3 cm³/mol. The van der Waals surface area contributed by atoms with E-state index < -0.39 is 15.8 Å². The summed E-state index contributed by atoms with van der Waals surface area (Å²) in [6.07, 6.45) is 0. The number of nitrogens with zero attached hydrogens (tertiary/aromatic N) is 2. The Hall–Kier alpha value is -1.63. The van der Waals surface area contributed by atoms with Gasteiger partial charge in [-0.05, 0) is 49.2 Å². The highest BCUT2D eigenvalue weighted by atomic mass is 35.5. The molecule has 1 aliphatic rings. The molecule has 0 N–H and O–H groups in total. The van der Waals surface area contributed by atoms with Crippen molar-refractivity contribution in [2.45, 2.75) is 18.7 Å². The quantitative estimate of drug-likeness (QED) is 0.814. The Balaban J connectivity index is 1.78. The summed E-state index contributed by atoms with van der Waals surface area (Å²) in [7, 11) is -3.73. The maximum Gasteiger partial charge on any atom is 0.244 e. The first kappa shape index (κ1) is 18.2. The van der Waals surface area contributed by atoms with Crippen LogP contribution in [0.3, 0.4) is 0 Å². The van der Waals surface area contributed by atoms with Gasteiger partial charge in [-0.15, -0.1) is 0 Å². The van der Waals surface area contributed by atoms with Crippen LogP contribution in [0, 0.1) is 19.7 Å². The topological polar surface area (TPSA) is 40.6 Å². The van der Waals surface area contributed by atoms with Gasteiger partial charge in [-0.1, -0.05) is 23.7 Å². The maximum absolute atomic E-state index is 13.2. The van der Waals surface area contributed by atoms with Gasteiger partial charge in [0, 0.05) is 31.9 Å². The van der Waals surface area contributed by atoms with Crippen LogP contribution in [-0.2, 0) is 10.0 Å². The van der Waals surface area contributed by atoms with E-state index in [1.54, 1.807) is 0 Å². The predicted octanol–water partition coefficient (Wildman–Crippen LogP) is 3.61. The minimum absolute atomic E-state index is 0.0456. The third-order valence-corrected chi connectivity index (χ3v) is 7.05. The minimum atomic E-state index is -3.73. The number of hydrogen-bond acceptors (Lipinski definition) is 3. The van der Waals surface area contributed by atoms with Gasteiger partial charge in [0.05, 0.1) is 5.02 Å². The zero-order chi connectivity index (χ0) is 18.2. The van der Waals surface area contributed by atoms with Crippen LogP contribution < -0.4 is 4.90 Å². The van der Waals surface area contributed by atoms with Crippen LogP contribution in [0.1, 0.15) is 11.1 Å². The van der Waals surface area contributed by atoms with Crippen molar-refractivity contribution in [1.82, 2.24) is 4.31 Å². The van der Waals surface area contributed by atoms with Gasteiger partial charge in [-0.2, -0.15) is 4.31 Å². The number of anilines is 1. The Bertz CT molecular complexity index is 894. The van der Waals surface area contributed by atoms with Crippen LogP contribution in [0.4, 0.5) is 10.1 Å². The first-order valence-electron chi connectivity index (χ1n) is 8.07. The number of rotatable bonds is 3. The summed E-state index contributed by atoms with van der Waals surface area (Å²) >= 11 is 5.94. The molecule has 134 valence electrons. The Morgan fingerprint density at radius 2 is 1.72 bits per heavy atom. The van der Waals surface area contributed by atoms with Crippen molar-refractivity contribution < 1.29 is 12.8 Å². The highest BCUT2D eigenvalue weighted by Crippen LogP contribution is 2.28. The molecule has 2 aromatic carbocycles. The molecule has 1 fully saturated rings. The lowest BCUT2D eigenvalue weighted by Crippen LogP contribution is -2.48. The summed E-state index contributed by atoms with van der Waals surface area (Å²) in [4.78, 5) is 2.15. The molecule has 0 saturated carbocycles. The van der Waals surface area contributed by atoms with Crippen LogP contribution in [-0.4, -0.2) is 38.9 Å². The summed E-state index contributed by atoms with van der Waals surface area (Å²) in [6.45, 7) is 6.07. The zero-order valence-electron chi connectivity index (χ0n) is 14.2. The number of sulfonamides is 1. The van der Waals surface area contributed by atoms with E-state index in [1.807, 2.05) is 6.07 Å². The van der Waals surface area contributed by atoms with Gasteiger partial charge in [0.1, 0.15) is 10.7 Å². The minimum Gasteiger partial charge on any atom is -0.369 e. The lowest BCUT2D eigenvalue weighted by molar-refractivity contribution is 0.384. The fourth-order valence-corrected chi connectivity index (χ4v) is 5.00. The maximum atomic E-state index is 13.2. The van der Waals surface area contributed by atoms with Gasteiger partial charge in [-0.3, -0.25) is 0 Å². The van der Waals surface area contributed by atoms with Crippen LogP contribution >= 0.6 is 11.6 Å². The standard InChI is InChI=1S/C18H20ClFN2O2S/c1-13-4-3-5-17(14(13)2)21-8-10-22(11-9-21)25(23,24)18-7-6-15(20)12-16(18)19/h3-7,12H,8-11H2,1-2H3. The second-order valence-electron chi connectivity index (χ2n) is 6.18. The fraction of sp³-hybridized carbons (Fsp3) is 0.333. The molecule has 0 bridgehead atoms. The molecule has 1 saturated heterocycles. The number of hydrogen-bond donors (Lipinski definition) is 0. The van der Waals surface area contributed by atoms with E-state index in [9.17, 15) is 12.8 Å². The monoisotopic (exact) mass is 382 g/mol. The molecule has 3 rings (SSSR count). The van der Waals surface area contributed by atoms with E-state index in [-0.39, 0.29) is 9.92 Å². The van der Waals surface area contributed by atoms with Gasteiger partial charge in [-0.25, -0.2) is 12.8 Å². The van der Waals surface area contributed by atoms with Crippen molar-refractivity contribution in [3.63, 3.8) is 0 Å². The van der Waals surface area contributed by atoms with Crippen LogP contribution in [0.2, 0.25) is 5.02 Å². The van der Waals surface area contributed by atoms with E-state index in [0.29, 0.717) is 26.2 Å². The number of halogens is 2. The molecule has 2 aromatic rings. The smallest absolute Gasteiger partial charge is 0.244 e. The molecule has 0 radical (unpaired) electrons. The first-order valence-corrected chi connectivity index (χ1v) is 9.89. The van der Waals surface area contributed by atoms with E-state index in [1.165, 1.54) is 21.5 Å². The molecular weight excluding hydrogens is 363 g/mol. The van der Waals surface area contributed by atoms with Crippen molar-refractivity contribution in [3.05, 3.63) is 58.4 Å².